The number of nitrogens with two attached hydrogens (primary N) is 1. The summed E-state index contributed by atoms with van der Waals surface area (Å²) >= 11 is 0. The SMILES string of the molecule is CCCCCOCc1cccc(N)c1C. The molecule has 0 saturated heterocycles. The maximum absolute atomic E-state index is 5.82. The number of ether oxygens (including phenoxy) is 1. The van der Waals surface area contributed by atoms with Gasteiger partial charge in [-0.3, -0.25) is 0 Å². The second-order valence-corrected chi connectivity index (χ2v) is 3.89. The van der Waals surface area contributed by atoms with E-state index >= 15 is 0 Å². The Morgan fingerprint density at radius 1 is 1.27 bits per heavy atom. The van der Waals surface area contributed by atoms with E-state index in [9.17, 15) is 0 Å². The maximum Gasteiger partial charge on any atom is 0.0720 e. The Morgan fingerprint density at radius 2 is 2.07 bits per heavy atom. The Kier molecular flexibility index (Phi) is 5.19. The van der Waals surface area contributed by atoms with Gasteiger partial charge >= 0.3 is 0 Å². The lowest BCUT2D eigenvalue weighted by atomic mass is 10.1. The van der Waals surface area contributed by atoms with Crippen molar-refractivity contribution in [3.63, 3.8) is 0 Å². The Balaban J connectivity index is 2.34. The summed E-state index contributed by atoms with van der Waals surface area (Å²) in [5.74, 6) is 0. The molecule has 1 rings (SSSR count). The zero-order chi connectivity index (χ0) is 11.1. The molecule has 2 nitrogen and oxygen atoms in total. The first-order valence-electron chi connectivity index (χ1n) is 5.67. The van der Waals surface area contributed by atoms with Crippen LogP contribution in [0, 0.1) is 6.92 Å². The van der Waals surface area contributed by atoms with Crippen molar-refractivity contribution in [1.29, 1.82) is 0 Å². The van der Waals surface area contributed by atoms with Crippen molar-refractivity contribution in [2.75, 3.05) is 12.3 Å². The van der Waals surface area contributed by atoms with Crippen molar-refractivity contribution in [2.45, 2.75) is 39.7 Å². The summed E-state index contributed by atoms with van der Waals surface area (Å²) in [6.45, 7) is 5.77. The number of benzene rings is 1. The van der Waals surface area contributed by atoms with Crippen LogP contribution in [0.3, 0.4) is 0 Å². The lowest BCUT2D eigenvalue weighted by Crippen LogP contribution is -1.99. The molecule has 1 aromatic carbocycles. The Bertz CT molecular complexity index is 297. The van der Waals surface area contributed by atoms with Crippen molar-refractivity contribution >= 4 is 5.69 Å². The number of unbranched alkanes of at least 4 members (excludes halogenated alkanes) is 2. The maximum atomic E-state index is 5.82. The molecule has 0 unspecified atom stereocenters. The highest BCUT2D eigenvalue weighted by atomic mass is 16.5. The number of nitrogen functional groups attached to an aromatic ring is 1. The van der Waals surface area contributed by atoms with Gasteiger partial charge in [0.15, 0.2) is 0 Å². The van der Waals surface area contributed by atoms with Gasteiger partial charge in [-0.15, -0.1) is 0 Å². The predicted molar refractivity (Wildman–Crippen MR) is 64.8 cm³/mol. The van der Waals surface area contributed by atoms with Crippen LogP contribution in [-0.2, 0) is 11.3 Å². The van der Waals surface area contributed by atoms with Crippen LogP contribution < -0.4 is 5.73 Å². The molecule has 0 radical (unpaired) electrons. The molecule has 1 aromatic rings. The van der Waals surface area contributed by atoms with Gasteiger partial charge in [0, 0.05) is 12.3 Å². The van der Waals surface area contributed by atoms with Gasteiger partial charge in [-0.1, -0.05) is 31.9 Å². The molecule has 2 N–H and O–H groups in total. The number of anilines is 1. The molecule has 84 valence electrons. The van der Waals surface area contributed by atoms with Crippen LogP contribution in [0.4, 0.5) is 5.69 Å². The number of rotatable bonds is 6. The Hall–Kier alpha value is -1.02. The Morgan fingerprint density at radius 3 is 2.80 bits per heavy atom. The summed E-state index contributed by atoms with van der Waals surface area (Å²) in [5, 5.41) is 0. The van der Waals surface area contributed by atoms with Gasteiger partial charge in [-0.2, -0.15) is 0 Å². The van der Waals surface area contributed by atoms with E-state index in [2.05, 4.69) is 13.0 Å². The zero-order valence-corrected chi connectivity index (χ0v) is 9.75. The number of hydrogen-bond acceptors (Lipinski definition) is 2. The number of hydrogen-bond donors (Lipinski definition) is 1. The first kappa shape index (κ1) is 12.1. The van der Waals surface area contributed by atoms with Crippen molar-refractivity contribution in [2.24, 2.45) is 0 Å². The van der Waals surface area contributed by atoms with Crippen molar-refractivity contribution < 1.29 is 4.74 Å². The summed E-state index contributed by atoms with van der Waals surface area (Å²) in [5.41, 5.74) is 9.02. The summed E-state index contributed by atoms with van der Waals surface area (Å²) in [6.07, 6.45) is 3.63. The van der Waals surface area contributed by atoms with E-state index < -0.39 is 0 Å². The molecule has 0 saturated carbocycles. The predicted octanol–water partition coefficient (Wildman–Crippen LogP) is 3.28. The third-order valence-corrected chi connectivity index (χ3v) is 2.64. The van der Waals surface area contributed by atoms with Gasteiger partial charge in [0.1, 0.15) is 0 Å². The lowest BCUT2D eigenvalue weighted by Gasteiger charge is -2.08. The van der Waals surface area contributed by atoms with Gasteiger partial charge in [0.05, 0.1) is 6.61 Å². The van der Waals surface area contributed by atoms with Gasteiger partial charge in [-0.05, 0) is 30.5 Å². The standard InChI is InChI=1S/C13H21NO/c1-3-4-5-9-15-10-12-7-6-8-13(14)11(12)2/h6-8H,3-5,9-10,14H2,1-2H3. The molecule has 0 aromatic heterocycles. The molecular formula is C13H21NO. The minimum absolute atomic E-state index is 0.681. The molecule has 0 aliphatic heterocycles. The zero-order valence-electron chi connectivity index (χ0n) is 9.75. The molecule has 0 heterocycles. The van der Waals surface area contributed by atoms with Gasteiger partial charge < -0.3 is 10.5 Å². The molecule has 0 bridgehead atoms. The fraction of sp³-hybridized carbons (Fsp3) is 0.538. The summed E-state index contributed by atoms with van der Waals surface area (Å²) in [7, 11) is 0. The molecule has 2 heteroatoms. The second kappa shape index (κ2) is 6.46. The van der Waals surface area contributed by atoms with Crippen molar-refractivity contribution in [3.05, 3.63) is 29.3 Å². The van der Waals surface area contributed by atoms with Crippen LogP contribution in [0.1, 0.15) is 37.3 Å². The van der Waals surface area contributed by atoms with Crippen molar-refractivity contribution in [1.82, 2.24) is 0 Å². The Labute approximate surface area is 92.4 Å². The highest BCUT2D eigenvalue weighted by molar-refractivity contribution is 5.49. The molecule has 0 amide bonds. The molecular weight excluding hydrogens is 186 g/mol. The van der Waals surface area contributed by atoms with Gasteiger partial charge in [-0.25, -0.2) is 0 Å². The lowest BCUT2D eigenvalue weighted by molar-refractivity contribution is 0.117. The first-order chi connectivity index (χ1) is 7.25. The minimum Gasteiger partial charge on any atom is -0.399 e. The first-order valence-corrected chi connectivity index (χ1v) is 5.67. The third-order valence-electron chi connectivity index (χ3n) is 2.64. The van der Waals surface area contributed by atoms with Crippen LogP contribution >= 0.6 is 0 Å². The average Bonchev–Trinajstić information content (AvgIpc) is 2.24. The fourth-order valence-corrected chi connectivity index (χ4v) is 1.50. The van der Waals surface area contributed by atoms with Crippen LogP contribution in [0.2, 0.25) is 0 Å². The largest absolute Gasteiger partial charge is 0.399 e. The normalized spacial score (nSPS) is 10.5. The minimum atomic E-state index is 0.681. The molecule has 0 aliphatic rings. The summed E-state index contributed by atoms with van der Waals surface area (Å²) in [4.78, 5) is 0. The van der Waals surface area contributed by atoms with E-state index in [-0.39, 0.29) is 0 Å². The molecule has 0 aliphatic carbocycles. The monoisotopic (exact) mass is 207 g/mol. The van der Waals surface area contributed by atoms with Crippen LogP contribution in [0.5, 0.6) is 0 Å². The summed E-state index contributed by atoms with van der Waals surface area (Å²) < 4.78 is 5.60. The van der Waals surface area contributed by atoms with Crippen molar-refractivity contribution in [3.8, 4) is 0 Å². The fourth-order valence-electron chi connectivity index (χ4n) is 1.50. The molecule has 0 spiro atoms. The quantitative estimate of drug-likeness (QED) is 0.574. The van der Waals surface area contributed by atoms with Crippen LogP contribution in [-0.4, -0.2) is 6.61 Å². The van der Waals surface area contributed by atoms with E-state index in [4.69, 9.17) is 10.5 Å². The second-order valence-electron chi connectivity index (χ2n) is 3.89. The average molecular weight is 207 g/mol. The van der Waals surface area contributed by atoms with Crippen LogP contribution in [0.25, 0.3) is 0 Å². The highest BCUT2D eigenvalue weighted by Gasteiger charge is 2.00. The van der Waals surface area contributed by atoms with E-state index in [0.717, 1.165) is 24.3 Å². The topological polar surface area (TPSA) is 35.2 Å². The van der Waals surface area contributed by atoms with E-state index in [1.54, 1.807) is 0 Å². The third kappa shape index (κ3) is 3.92. The smallest absolute Gasteiger partial charge is 0.0720 e. The van der Waals surface area contributed by atoms with E-state index in [0.29, 0.717) is 6.61 Å². The van der Waals surface area contributed by atoms with Crippen LogP contribution in [0.15, 0.2) is 18.2 Å². The van der Waals surface area contributed by atoms with E-state index in [1.165, 1.54) is 18.4 Å². The van der Waals surface area contributed by atoms with Gasteiger partial charge in [0.25, 0.3) is 0 Å². The molecule has 0 fully saturated rings. The highest BCUT2D eigenvalue weighted by Crippen LogP contribution is 2.16. The summed E-state index contributed by atoms with van der Waals surface area (Å²) in [6, 6.07) is 5.98. The van der Waals surface area contributed by atoms with Gasteiger partial charge in [0.2, 0.25) is 0 Å². The molecule has 0 atom stereocenters. The van der Waals surface area contributed by atoms with E-state index in [1.807, 2.05) is 19.1 Å². The molecule has 15 heavy (non-hydrogen) atoms.